The van der Waals surface area contributed by atoms with Crippen molar-refractivity contribution in [2.45, 2.75) is 59.2 Å². The van der Waals surface area contributed by atoms with Crippen LogP contribution < -0.4 is 10.5 Å². The molecule has 0 saturated carbocycles. The summed E-state index contributed by atoms with van der Waals surface area (Å²) in [5, 5.41) is 4.61. The van der Waals surface area contributed by atoms with Crippen molar-refractivity contribution in [1.29, 1.82) is 0 Å². The summed E-state index contributed by atoms with van der Waals surface area (Å²) in [6.07, 6.45) is 4.83. The normalized spacial score (nSPS) is 16.7. The van der Waals surface area contributed by atoms with Crippen molar-refractivity contribution in [2.24, 2.45) is 5.73 Å². The van der Waals surface area contributed by atoms with Crippen molar-refractivity contribution in [3.63, 3.8) is 0 Å². The van der Waals surface area contributed by atoms with Crippen LogP contribution >= 0.6 is 0 Å². The van der Waals surface area contributed by atoms with E-state index in [1.807, 2.05) is 24.6 Å². The van der Waals surface area contributed by atoms with E-state index in [-0.39, 0.29) is 6.04 Å². The van der Waals surface area contributed by atoms with Crippen molar-refractivity contribution in [2.75, 3.05) is 13.7 Å². The highest BCUT2D eigenvalue weighted by molar-refractivity contribution is 5.93. The van der Waals surface area contributed by atoms with Crippen LogP contribution in [0.15, 0.2) is 30.5 Å². The third-order valence-electron chi connectivity index (χ3n) is 6.33. The lowest BCUT2D eigenvalue weighted by molar-refractivity contribution is 0.0998. The van der Waals surface area contributed by atoms with Gasteiger partial charge >= 0.3 is 0 Å². The van der Waals surface area contributed by atoms with Crippen LogP contribution in [0.3, 0.4) is 0 Å². The molecule has 0 aliphatic carbocycles. The number of piperidine rings is 1. The molecule has 4 rings (SSSR count). The van der Waals surface area contributed by atoms with E-state index < -0.39 is 5.91 Å². The Balaban J connectivity index is 1.58. The van der Waals surface area contributed by atoms with Crippen molar-refractivity contribution in [3.8, 4) is 5.75 Å². The molecule has 3 aromatic rings. The maximum Gasteiger partial charge on any atom is 0.252 e. The fourth-order valence-corrected chi connectivity index (χ4v) is 4.64. The fraction of sp³-hybridized carbons (Fsp3) is 0.440. The summed E-state index contributed by atoms with van der Waals surface area (Å²) in [5.41, 5.74) is 10.9. The summed E-state index contributed by atoms with van der Waals surface area (Å²) in [5.74, 6) is 1.13. The van der Waals surface area contributed by atoms with E-state index in [0.29, 0.717) is 17.8 Å². The molecule has 8 nitrogen and oxygen atoms in total. The molecule has 1 aliphatic heterocycles. The molecule has 3 heterocycles. The van der Waals surface area contributed by atoms with Gasteiger partial charge in [-0.05, 0) is 63.9 Å². The second-order valence-corrected chi connectivity index (χ2v) is 8.80. The number of carbonyl (C=O) groups is 1. The van der Waals surface area contributed by atoms with Crippen LogP contribution in [0, 0.1) is 20.8 Å². The number of rotatable bonds is 7. The number of hydrogen-bond donors (Lipinski definition) is 1. The standard InChI is InChI=1S/C25H32N6O2/c1-16-11-17(2)31(29-16)15-20-12-19(8-9-23(20)33-4)14-30-10-6-5-7-22(30)25-27-13-21(24(26)32)18(3)28-25/h8-9,11-13,22H,5-7,10,14-15H2,1-4H3,(H2,26,32). The molecule has 1 atom stereocenters. The second-order valence-electron chi connectivity index (χ2n) is 8.80. The number of nitrogens with zero attached hydrogens (tertiary/aromatic N) is 5. The van der Waals surface area contributed by atoms with E-state index in [9.17, 15) is 4.79 Å². The molecule has 0 radical (unpaired) electrons. The van der Waals surface area contributed by atoms with Crippen molar-refractivity contribution in [1.82, 2.24) is 24.6 Å². The Bertz CT molecular complexity index is 1160. The number of primary amides is 1. The van der Waals surface area contributed by atoms with E-state index >= 15 is 0 Å². The molecule has 174 valence electrons. The zero-order valence-electron chi connectivity index (χ0n) is 19.8. The first kappa shape index (κ1) is 22.9. The average Bonchev–Trinajstić information content (AvgIpc) is 3.10. The summed E-state index contributed by atoms with van der Waals surface area (Å²) >= 11 is 0. The number of likely N-dealkylation sites (tertiary alicyclic amines) is 1. The number of carbonyl (C=O) groups excluding carboxylic acids is 1. The van der Waals surface area contributed by atoms with Gasteiger partial charge in [0.05, 0.1) is 36.6 Å². The lowest BCUT2D eigenvalue weighted by Crippen LogP contribution is -2.34. The highest BCUT2D eigenvalue weighted by Crippen LogP contribution is 2.31. The van der Waals surface area contributed by atoms with Gasteiger partial charge in [-0.2, -0.15) is 5.10 Å². The Morgan fingerprint density at radius 3 is 2.67 bits per heavy atom. The van der Waals surface area contributed by atoms with Gasteiger partial charge in [-0.15, -0.1) is 0 Å². The quantitative estimate of drug-likeness (QED) is 0.594. The molecule has 1 unspecified atom stereocenters. The maximum absolute atomic E-state index is 11.6. The summed E-state index contributed by atoms with van der Waals surface area (Å²) in [7, 11) is 1.70. The van der Waals surface area contributed by atoms with Gasteiger partial charge in [0.2, 0.25) is 0 Å². The highest BCUT2D eigenvalue weighted by atomic mass is 16.5. The van der Waals surface area contributed by atoms with Gasteiger partial charge in [0.15, 0.2) is 0 Å². The number of aryl methyl sites for hydroxylation is 3. The van der Waals surface area contributed by atoms with Crippen LogP contribution in [-0.2, 0) is 13.1 Å². The Hall–Kier alpha value is -3.26. The van der Waals surface area contributed by atoms with Gasteiger partial charge in [0.1, 0.15) is 11.6 Å². The molecule has 8 heteroatoms. The largest absolute Gasteiger partial charge is 0.496 e. The predicted octanol–water partition coefficient (Wildman–Crippen LogP) is 3.48. The molecule has 2 N–H and O–H groups in total. The first-order valence-electron chi connectivity index (χ1n) is 11.4. The number of benzene rings is 1. The Morgan fingerprint density at radius 2 is 2.00 bits per heavy atom. The number of nitrogens with two attached hydrogens (primary N) is 1. The van der Waals surface area contributed by atoms with Crippen molar-refractivity contribution >= 4 is 5.91 Å². The van der Waals surface area contributed by atoms with Crippen LogP contribution in [0.25, 0.3) is 0 Å². The van der Waals surface area contributed by atoms with E-state index in [2.05, 4.69) is 45.1 Å². The molecule has 0 bridgehead atoms. The number of hydrogen-bond acceptors (Lipinski definition) is 6. The van der Waals surface area contributed by atoms with Crippen LogP contribution in [0.1, 0.15) is 69.7 Å². The Labute approximate surface area is 194 Å². The van der Waals surface area contributed by atoms with Crippen LogP contribution in [0.5, 0.6) is 5.75 Å². The third kappa shape index (κ3) is 5.06. The lowest BCUT2D eigenvalue weighted by atomic mass is 9.99. The first-order valence-corrected chi connectivity index (χ1v) is 11.4. The minimum atomic E-state index is -0.493. The van der Waals surface area contributed by atoms with Crippen molar-refractivity contribution < 1.29 is 9.53 Å². The minimum absolute atomic E-state index is 0.112. The molecule has 1 saturated heterocycles. The topological polar surface area (TPSA) is 99.2 Å². The Morgan fingerprint density at radius 1 is 1.18 bits per heavy atom. The zero-order valence-corrected chi connectivity index (χ0v) is 19.8. The van der Waals surface area contributed by atoms with E-state index in [4.69, 9.17) is 10.5 Å². The fourth-order valence-electron chi connectivity index (χ4n) is 4.64. The molecule has 33 heavy (non-hydrogen) atoms. The number of methoxy groups -OCH3 is 1. The van der Waals surface area contributed by atoms with Gasteiger partial charge in [-0.1, -0.05) is 12.5 Å². The summed E-state index contributed by atoms with van der Waals surface area (Å²) in [6.45, 7) is 8.32. The predicted molar refractivity (Wildman–Crippen MR) is 126 cm³/mol. The van der Waals surface area contributed by atoms with Gasteiger partial charge in [-0.3, -0.25) is 14.4 Å². The lowest BCUT2D eigenvalue weighted by Gasteiger charge is -2.35. The second kappa shape index (κ2) is 9.70. The van der Waals surface area contributed by atoms with E-state index in [1.165, 1.54) is 5.56 Å². The number of amides is 1. The smallest absolute Gasteiger partial charge is 0.252 e. The van der Waals surface area contributed by atoms with Gasteiger partial charge in [0, 0.05) is 24.0 Å². The SMILES string of the molecule is COc1ccc(CN2CCCCC2c2ncc(C(N)=O)c(C)n2)cc1Cn1nc(C)cc1C. The van der Waals surface area contributed by atoms with Gasteiger partial charge in [0.25, 0.3) is 5.91 Å². The van der Waals surface area contributed by atoms with E-state index in [0.717, 1.165) is 60.9 Å². The summed E-state index contributed by atoms with van der Waals surface area (Å²) in [6, 6.07) is 8.57. The molecule has 2 aromatic heterocycles. The maximum atomic E-state index is 11.6. The minimum Gasteiger partial charge on any atom is -0.496 e. The first-order chi connectivity index (χ1) is 15.9. The van der Waals surface area contributed by atoms with Crippen molar-refractivity contribution in [3.05, 3.63) is 70.1 Å². The average molecular weight is 449 g/mol. The van der Waals surface area contributed by atoms with Crippen LogP contribution in [0.4, 0.5) is 0 Å². The number of aromatic nitrogens is 4. The monoisotopic (exact) mass is 448 g/mol. The van der Waals surface area contributed by atoms with Gasteiger partial charge in [-0.25, -0.2) is 9.97 Å². The Kier molecular flexibility index (Phi) is 6.74. The molecule has 0 spiro atoms. The molecular formula is C25H32N6O2. The van der Waals surface area contributed by atoms with E-state index in [1.54, 1.807) is 13.3 Å². The van der Waals surface area contributed by atoms with Crippen LogP contribution in [0.2, 0.25) is 0 Å². The van der Waals surface area contributed by atoms with Gasteiger partial charge < -0.3 is 10.5 Å². The molecule has 1 amide bonds. The molecular weight excluding hydrogens is 416 g/mol. The number of ether oxygens (including phenoxy) is 1. The zero-order chi connectivity index (χ0) is 23.5. The molecule has 1 aromatic carbocycles. The summed E-state index contributed by atoms with van der Waals surface area (Å²) in [4.78, 5) is 23.1. The molecule has 1 aliphatic rings. The summed E-state index contributed by atoms with van der Waals surface area (Å²) < 4.78 is 7.64. The highest BCUT2D eigenvalue weighted by Gasteiger charge is 2.27. The third-order valence-corrected chi connectivity index (χ3v) is 6.33. The molecule has 1 fully saturated rings. The van der Waals surface area contributed by atoms with Crippen LogP contribution in [-0.4, -0.2) is 44.2 Å².